The molecule has 1 aromatic heterocycles. The van der Waals surface area contributed by atoms with Gasteiger partial charge in [-0.1, -0.05) is 26.0 Å². The van der Waals surface area contributed by atoms with Crippen molar-refractivity contribution in [3.63, 3.8) is 0 Å². The number of ketones is 1. The van der Waals surface area contributed by atoms with E-state index in [-0.39, 0.29) is 23.7 Å². The Balaban J connectivity index is 1.53. The lowest BCUT2D eigenvalue weighted by Gasteiger charge is -2.20. The molecule has 31 heavy (non-hydrogen) atoms. The van der Waals surface area contributed by atoms with Gasteiger partial charge in [0.2, 0.25) is 5.91 Å². The zero-order chi connectivity index (χ0) is 22.4. The largest absolute Gasteiger partial charge is 0.493 e. The number of hydrogen-bond acceptors (Lipinski definition) is 5. The highest BCUT2D eigenvalue weighted by molar-refractivity contribution is 5.94. The van der Waals surface area contributed by atoms with Gasteiger partial charge in [0, 0.05) is 12.0 Å². The van der Waals surface area contributed by atoms with Gasteiger partial charge in [-0.15, -0.1) is 0 Å². The van der Waals surface area contributed by atoms with E-state index in [2.05, 4.69) is 29.1 Å². The monoisotopic (exact) mass is 423 g/mol. The minimum atomic E-state index is -0.194. The van der Waals surface area contributed by atoms with Crippen LogP contribution in [0.5, 0.6) is 11.5 Å². The van der Waals surface area contributed by atoms with E-state index in [1.54, 1.807) is 18.2 Å². The molecule has 0 bridgehead atoms. The van der Waals surface area contributed by atoms with Crippen LogP contribution >= 0.6 is 0 Å². The highest BCUT2D eigenvalue weighted by atomic mass is 16.5. The Bertz CT molecular complexity index is 1020. The Kier molecular flexibility index (Phi) is 7.28. The number of Topliss-reactive ketones (excluding diaryl/α,β-unsaturated/α-hetero) is 1. The van der Waals surface area contributed by atoms with Crippen molar-refractivity contribution in [3.05, 3.63) is 53.9 Å². The number of amides is 1. The number of aromatic amines is 1. The smallest absolute Gasteiger partial charge is 0.220 e. The summed E-state index contributed by atoms with van der Waals surface area (Å²) in [5.74, 6) is 1.91. The van der Waals surface area contributed by atoms with E-state index < -0.39 is 0 Å². The lowest BCUT2D eigenvalue weighted by molar-refractivity contribution is -0.122. The number of H-pyrrole nitrogens is 1. The summed E-state index contributed by atoms with van der Waals surface area (Å²) in [5, 5.41) is 3.08. The number of fused-ring (bicyclic) bond motifs is 1. The number of nitrogens with zero attached hydrogens (tertiary/aromatic N) is 1. The molecular weight excluding hydrogens is 394 g/mol. The first-order valence-corrected chi connectivity index (χ1v) is 10.4. The topological polar surface area (TPSA) is 93.3 Å². The van der Waals surface area contributed by atoms with Gasteiger partial charge in [0.05, 0.1) is 30.8 Å². The Morgan fingerprint density at radius 2 is 1.90 bits per heavy atom. The number of rotatable bonds is 10. The van der Waals surface area contributed by atoms with Crippen LogP contribution in [-0.2, 0) is 4.79 Å². The molecule has 0 aliphatic rings. The fraction of sp³-hybridized carbons (Fsp3) is 0.375. The summed E-state index contributed by atoms with van der Waals surface area (Å²) in [6, 6.07) is 12.7. The zero-order valence-electron chi connectivity index (χ0n) is 18.4. The average Bonchev–Trinajstić information content (AvgIpc) is 3.18. The van der Waals surface area contributed by atoms with E-state index in [9.17, 15) is 9.59 Å². The molecule has 2 aromatic carbocycles. The molecule has 1 unspecified atom stereocenters. The molecule has 0 aliphatic heterocycles. The van der Waals surface area contributed by atoms with Gasteiger partial charge in [0.15, 0.2) is 17.3 Å². The van der Waals surface area contributed by atoms with Crippen molar-refractivity contribution in [1.82, 2.24) is 15.3 Å². The number of imidazole rings is 1. The van der Waals surface area contributed by atoms with Gasteiger partial charge in [-0.25, -0.2) is 4.98 Å². The fourth-order valence-corrected chi connectivity index (χ4v) is 3.34. The first kappa shape index (κ1) is 22.3. The van der Waals surface area contributed by atoms with Crippen molar-refractivity contribution in [2.24, 2.45) is 5.92 Å². The van der Waals surface area contributed by atoms with Crippen LogP contribution < -0.4 is 14.8 Å². The SMILES string of the molecule is COc1cc(C(C)=O)ccc1OCCCC(=O)NC(c1nc2ccccc2[nH]1)C(C)C. The molecule has 0 saturated heterocycles. The molecule has 0 aliphatic carbocycles. The maximum atomic E-state index is 12.5. The van der Waals surface area contributed by atoms with Gasteiger partial charge in [-0.2, -0.15) is 0 Å². The van der Waals surface area contributed by atoms with Gasteiger partial charge >= 0.3 is 0 Å². The number of carbonyl (C=O) groups excluding carboxylic acids is 2. The molecule has 1 heterocycles. The molecule has 0 radical (unpaired) electrons. The number of carbonyl (C=O) groups is 2. The van der Waals surface area contributed by atoms with Crippen molar-refractivity contribution in [1.29, 1.82) is 0 Å². The number of ether oxygens (including phenoxy) is 2. The number of nitrogens with one attached hydrogen (secondary N) is 2. The lowest BCUT2D eigenvalue weighted by Crippen LogP contribution is -2.32. The number of hydrogen-bond donors (Lipinski definition) is 2. The second-order valence-electron chi connectivity index (χ2n) is 7.80. The highest BCUT2D eigenvalue weighted by Crippen LogP contribution is 2.28. The van der Waals surface area contributed by atoms with E-state index in [0.717, 1.165) is 16.9 Å². The maximum absolute atomic E-state index is 12.5. The van der Waals surface area contributed by atoms with Crippen LogP contribution in [0.2, 0.25) is 0 Å². The average molecular weight is 424 g/mol. The van der Waals surface area contributed by atoms with Gasteiger partial charge in [-0.3, -0.25) is 9.59 Å². The van der Waals surface area contributed by atoms with Crippen LogP contribution in [0.4, 0.5) is 0 Å². The molecule has 1 amide bonds. The highest BCUT2D eigenvalue weighted by Gasteiger charge is 2.21. The molecule has 0 fully saturated rings. The predicted molar refractivity (Wildman–Crippen MR) is 120 cm³/mol. The summed E-state index contributed by atoms with van der Waals surface area (Å²) < 4.78 is 11.1. The third kappa shape index (κ3) is 5.63. The molecule has 164 valence electrons. The number of aromatic nitrogens is 2. The summed E-state index contributed by atoms with van der Waals surface area (Å²) in [4.78, 5) is 32.0. The number of methoxy groups -OCH3 is 1. The summed E-state index contributed by atoms with van der Waals surface area (Å²) in [6.07, 6.45) is 0.881. The van der Waals surface area contributed by atoms with E-state index >= 15 is 0 Å². The second-order valence-corrected chi connectivity index (χ2v) is 7.80. The standard InChI is InChI=1S/C24H29N3O4/c1-15(2)23(24-25-18-8-5-6-9-19(18)26-24)27-22(29)10-7-13-31-20-12-11-17(16(3)28)14-21(20)30-4/h5-6,8-9,11-12,14-15,23H,7,10,13H2,1-4H3,(H,25,26)(H,27,29). The Morgan fingerprint density at radius 1 is 1.13 bits per heavy atom. The molecule has 7 nitrogen and oxygen atoms in total. The molecule has 0 spiro atoms. The van der Waals surface area contributed by atoms with Gasteiger partial charge in [0.1, 0.15) is 5.82 Å². The second kappa shape index (κ2) is 10.1. The molecule has 2 N–H and O–H groups in total. The Labute approximate surface area is 182 Å². The van der Waals surface area contributed by atoms with Crippen molar-refractivity contribution < 1.29 is 19.1 Å². The van der Waals surface area contributed by atoms with Gasteiger partial charge in [-0.05, 0) is 49.6 Å². The first-order valence-electron chi connectivity index (χ1n) is 10.4. The Morgan fingerprint density at radius 3 is 2.58 bits per heavy atom. The van der Waals surface area contributed by atoms with Crippen molar-refractivity contribution in [3.8, 4) is 11.5 Å². The quantitative estimate of drug-likeness (QED) is 0.371. The molecule has 0 saturated carbocycles. The van der Waals surface area contributed by atoms with Crippen molar-refractivity contribution >= 4 is 22.7 Å². The Hall–Kier alpha value is -3.35. The van der Waals surface area contributed by atoms with Gasteiger partial charge < -0.3 is 19.8 Å². The summed E-state index contributed by atoms with van der Waals surface area (Å²) >= 11 is 0. The van der Waals surface area contributed by atoms with Crippen LogP contribution in [0.1, 0.15) is 55.8 Å². The predicted octanol–water partition coefficient (Wildman–Crippen LogP) is 4.45. The molecule has 1 atom stereocenters. The molecule has 3 rings (SSSR count). The van der Waals surface area contributed by atoms with Crippen LogP contribution in [0.25, 0.3) is 11.0 Å². The maximum Gasteiger partial charge on any atom is 0.220 e. The summed E-state index contributed by atoms with van der Waals surface area (Å²) in [5.41, 5.74) is 2.40. The molecular formula is C24H29N3O4. The van der Waals surface area contributed by atoms with E-state index in [0.29, 0.717) is 36.5 Å². The molecule has 7 heteroatoms. The van der Waals surface area contributed by atoms with Crippen LogP contribution in [-0.4, -0.2) is 35.4 Å². The summed E-state index contributed by atoms with van der Waals surface area (Å²) in [7, 11) is 1.53. The van der Waals surface area contributed by atoms with Crippen LogP contribution in [0.3, 0.4) is 0 Å². The van der Waals surface area contributed by atoms with E-state index in [1.165, 1.54) is 14.0 Å². The lowest BCUT2D eigenvalue weighted by atomic mass is 10.0. The van der Waals surface area contributed by atoms with E-state index in [4.69, 9.17) is 9.47 Å². The normalized spacial score (nSPS) is 12.0. The number of para-hydroxylation sites is 2. The van der Waals surface area contributed by atoms with Crippen LogP contribution in [0, 0.1) is 5.92 Å². The minimum absolute atomic E-state index is 0.0364. The minimum Gasteiger partial charge on any atom is -0.493 e. The fourth-order valence-electron chi connectivity index (χ4n) is 3.34. The van der Waals surface area contributed by atoms with Crippen molar-refractivity contribution in [2.75, 3.05) is 13.7 Å². The zero-order valence-corrected chi connectivity index (χ0v) is 18.4. The van der Waals surface area contributed by atoms with Crippen molar-refractivity contribution in [2.45, 2.75) is 39.7 Å². The molecule has 3 aromatic rings. The van der Waals surface area contributed by atoms with Crippen LogP contribution in [0.15, 0.2) is 42.5 Å². The third-order valence-corrected chi connectivity index (χ3v) is 5.06. The summed E-state index contributed by atoms with van der Waals surface area (Å²) in [6.45, 7) is 5.97. The number of benzene rings is 2. The first-order chi connectivity index (χ1) is 14.9. The van der Waals surface area contributed by atoms with E-state index in [1.807, 2.05) is 24.3 Å². The van der Waals surface area contributed by atoms with Gasteiger partial charge in [0.25, 0.3) is 0 Å². The third-order valence-electron chi connectivity index (χ3n) is 5.06.